The molecule has 1 heterocycles. The standard InChI is InChI=1S/C20H27N3O5/c1-13(19(26)23-8-6-4-5-7-9-23)28-20(27)16-10-17(21-14(2)24)12-18(11-16)22-15(3)25/h10-13H,4-9H2,1-3H3,(H,21,24)(H,22,25)/t13-/m1/s1. The number of carbonyl (C=O) groups excluding carboxylic acids is 4. The number of esters is 1. The van der Waals surface area contributed by atoms with E-state index in [9.17, 15) is 19.2 Å². The fraction of sp³-hybridized carbons (Fsp3) is 0.500. The van der Waals surface area contributed by atoms with Crippen LogP contribution in [0.1, 0.15) is 56.8 Å². The van der Waals surface area contributed by atoms with Crippen LogP contribution in [0.4, 0.5) is 11.4 Å². The van der Waals surface area contributed by atoms with E-state index in [-0.39, 0.29) is 23.3 Å². The topological polar surface area (TPSA) is 105 Å². The van der Waals surface area contributed by atoms with Gasteiger partial charge in [-0.3, -0.25) is 14.4 Å². The number of rotatable bonds is 5. The molecule has 0 spiro atoms. The first-order valence-electron chi connectivity index (χ1n) is 9.46. The van der Waals surface area contributed by atoms with Crippen LogP contribution < -0.4 is 10.6 Å². The highest BCUT2D eigenvalue weighted by Crippen LogP contribution is 2.21. The van der Waals surface area contributed by atoms with Crippen molar-refractivity contribution in [2.75, 3.05) is 23.7 Å². The molecule has 1 aromatic rings. The maximum Gasteiger partial charge on any atom is 0.339 e. The lowest BCUT2D eigenvalue weighted by atomic mass is 10.1. The first kappa shape index (κ1) is 21.4. The molecule has 1 aliphatic rings. The smallest absolute Gasteiger partial charge is 0.339 e. The van der Waals surface area contributed by atoms with Crippen molar-refractivity contribution in [2.45, 2.75) is 52.6 Å². The molecule has 1 aromatic carbocycles. The Morgan fingerprint density at radius 1 is 0.893 bits per heavy atom. The Hall–Kier alpha value is -2.90. The predicted molar refractivity (Wildman–Crippen MR) is 105 cm³/mol. The van der Waals surface area contributed by atoms with Crippen molar-refractivity contribution in [1.82, 2.24) is 4.90 Å². The number of ether oxygens (including phenoxy) is 1. The summed E-state index contributed by atoms with van der Waals surface area (Å²) in [4.78, 5) is 49.5. The highest BCUT2D eigenvalue weighted by molar-refractivity contribution is 5.98. The largest absolute Gasteiger partial charge is 0.449 e. The van der Waals surface area contributed by atoms with Gasteiger partial charge in [-0.2, -0.15) is 0 Å². The van der Waals surface area contributed by atoms with Crippen LogP contribution in [0, 0.1) is 0 Å². The minimum absolute atomic E-state index is 0.130. The third-order valence-corrected chi connectivity index (χ3v) is 4.36. The van der Waals surface area contributed by atoms with E-state index in [1.165, 1.54) is 32.0 Å². The maximum absolute atomic E-state index is 12.6. The van der Waals surface area contributed by atoms with Gasteiger partial charge < -0.3 is 20.3 Å². The summed E-state index contributed by atoms with van der Waals surface area (Å²) in [5.74, 6) is -1.54. The fourth-order valence-electron chi connectivity index (χ4n) is 3.12. The number of nitrogens with one attached hydrogen (secondary N) is 2. The van der Waals surface area contributed by atoms with Crippen LogP contribution in [0.3, 0.4) is 0 Å². The van der Waals surface area contributed by atoms with Gasteiger partial charge in [0.1, 0.15) is 0 Å². The second kappa shape index (κ2) is 9.87. The third kappa shape index (κ3) is 6.37. The Balaban J connectivity index is 2.13. The Morgan fingerprint density at radius 2 is 1.39 bits per heavy atom. The minimum atomic E-state index is -0.917. The summed E-state index contributed by atoms with van der Waals surface area (Å²) in [6.07, 6.45) is 3.18. The van der Waals surface area contributed by atoms with Crippen LogP contribution in [-0.2, 0) is 19.1 Å². The molecule has 0 aromatic heterocycles. The molecule has 1 atom stereocenters. The summed E-state index contributed by atoms with van der Waals surface area (Å²) in [5, 5.41) is 5.15. The summed E-state index contributed by atoms with van der Waals surface area (Å²) in [5.41, 5.74) is 0.819. The zero-order valence-electron chi connectivity index (χ0n) is 16.5. The first-order chi connectivity index (χ1) is 13.3. The van der Waals surface area contributed by atoms with Gasteiger partial charge in [0.25, 0.3) is 5.91 Å². The van der Waals surface area contributed by atoms with E-state index in [1.807, 2.05) is 0 Å². The van der Waals surface area contributed by atoms with E-state index in [4.69, 9.17) is 4.74 Å². The summed E-state index contributed by atoms with van der Waals surface area (Å²) in [6.45, 7) is 5.57. The Bertz CT molecular complexity index is 720. The van der Waals surface area contributed by atoms with Gasteiger partial charge in [0, 0.05) is 38.3 Å². The van der Waals surface area contributed by atoms with Crippen molar-refractivity contribution in [3.8, 4) is 0 Å². The second-order valence-corrected chi connectivity index (χ2v) is 6.95. The molecular weight excluding hydrogens is 362 g/mol. The highest BCUT2D eigenvalue weighted by atomic mass is 16.5. The van der Waals surface area contributed by atoms with Gasteiger partial charge in [-0.05, 0) is 38.0 Å². The molecular formula is C20H27N3O5. The van der Waals surface area contributed by atoms with Gasteiger partial charge in [0.2, 0.25) is 11.8 Å². The molecule has 3 amide bonds. The number of benzene rings is 1. The minimum Gasteiger partial charge on any atom is -0.449 e. The summed E-state index contributed by atoms with van der Waals surface area (Å²) < 4.78 is 5.36. The number of carbonyl (C=O) groups is 4. The molecule has 2 rings (SSSR count). The lowest BCUT2D eigenvalue weighted by molar-refractivity contribution is -0.139. The highest BCUT2D eigenvalue weighted by Gasteiger charge is 2.25. The van der Waals surface area contributed by atoms with E-state index in [1.54, 1.807) is 11.8 Å². The van der Waals surface area contributed by atoms with E-state index < -0.39 is 12.1 Å². The lowest BCUT2D eigenvalue weighted by Gasteiger charge is -2.24. The maximum atomic E-state index is 12.6. The molecule has 1 saturated heterocycles. The number of likely N-dealkylation sites (tertiary alicyclic amines) is 1. The van der Waals surface area contributed by atoms with E-state index in [0.717, 1.165) is 25.7 Å². The molecule has 0 radical (unpaired) electrons. The molecule has 1 fully saturated rings. The van der Waals surface area contributed by atoms with Crippen molar-refractivity contribution in [3.05, 3.63) is 23.8 Å². The number of hydrogen-bond donors (Lipinski definition) is 2. The quantitative estimate of drug-likeness (QED) is 0.753. The predicted octanol–water partition coefficient (Wildman–Crippen LogP) is 2.55. The number of nitrogens with zero attached hydrogens (tertiary/aromatic N) is 1. The number of hydrogen-bond acceptors (Lipinski definition) is 5. The summed E-state index contributed by atoms with van der Waals surface area (Å²) >= 11 is 0. The molecule has 1 aliphatic heterocycles. The normalized spacial score (nSPS) is 15.2. The van der Waals surface area contributed by atoms with Crippen LogP contribution in [0.5, 0.6) is 0 Å². The fourth-order valence-corrected chi connectivity index (χ4v) is 3.12. The van der Waals surface area contributed by atoms with Crippen molar-refractivity contribution in [1.29, 1.82) is 0 Å². The Labute approximate surface area is 164 Å². The molecule has 0 aliphatic carbocycles. The summed E-state index contributed by atoms with van der Waals surface area (Å²) in [7, 11) is 0. The summed E-state index contributed by atoms with van der Waals surface area (Å²) in [6, 6.07) is 4.42. The molecule has 0 saturated carbocycles. The molecule has 152 valence electrons. The van der Waals surface area contributed by atoms with Gasteiger partial charge >= 0.3 is 5.97 Å². The van der Waals surface area contributed by atoms with Crippen LogP contribution in [0.25, 0.3) is 0 Å². The molecule has 8 nitrogen and oxygen atoms in total. The van der Waals surface area contributed by atoms with Gasteiger partial charge in [-0.25, -0.2) is 4.79 Å². The van der Waals surface area contributed by atoms with E-state index in [0.29, 0.717) is 24.5 Å². The van der Waals surface area contributed by atoms with Crippen LogP contribution in [0.2, 0.25) is 0 Å². The molecule has 28 heavy (non-hydrogen) atoms. The van der Waals surface area contributed by atoms with Crippen molar-refractivity contribution in [3.63, 3.8) is 0 Å². The third-order valence-electron chi connectivity index (χ3n) is 4.36. The van der Waals surface area contributed by atoms with E-state index in [2.05, 4.69) is 10.6 Å². The van der Waals surface area contributed by atoms with Gasteiger partial charge in [-0.15, -0.1) is 0 Å². The SMILES string of the molecule is CC(=O)Nc1cc(NC(C)=O)cc(C(=O)O[C@H](C)C(=O)N2CCCCCC2)c1. The van der Waals surface area contributed by atoms with Gasteiger partial charge in [0.05, 0.1) is 5.56 Å². The molecule has 0 bridgehead atoms. The average molecular weight is 389 g/mol. The zero-order chi connectivity index (χ0) is 20.7. The molecule has 0 unspecified atom stereocenters. The van der Waals surface area contributed by atoms with Gasteiger partial charge in [0.15, 0.2) is 6.10 Å². The van der Waals surface area contributed by atoms with Crippen molar-refractivity contribution in [2.24, 2.45) is 0 Å². The Kier molecular flexibility index (Phi) is 7.54. The van der Waals surface area contributed by atoms with Crippen LogP contribution in [0.15, 0.2) is 18.2 Å². The Morgan fingerprint density at radius 3 is 1.86 bits per heavy atom. The number of amides is 3. The van der Waals surface area contributed by atoms with Crippen LogP contribution >= 0.6 is 0 Å². The van der Waals surface area contributed by atoms with Crippen molar-refractivity contribution < 1.29 is 23.9 Å². The lowest BCUT2D eigenvalue weighted by Crippen LogP contribution is -2.40. The molecule has 2 N–H and O–H groups in total. The van der Waals surface area contributed by atoms with Crippen molar-refractivity contribution >= 4 is 35.1 Å². The monoisotopic (exact) mass is 389 g/mol. The second-order valence-electron chi connectivity index (χ2n) is 6.95. The zero-order valence-corrected chi connectivity index (χ0v) is 16.5. The molecule has 8 heteroatoms. The first-order valence-corrected chi connectivity index (χ1v) is 9.46. The number of anilines is 2. The van der Waals surface area contributed by atoms with E-state index >= 15 is 0 Å². The van der Waals surface area contributed by atoms with Crippen LogP contribution in [-0.4, -0.2) is 47.8 Å². The average Bonchev–Trinajstić information content (AvgIpc) is 2.88. The van der Waals surface area contributed by atoms with Gasteiger partial charge in [-0.1, -0.05) is 12.8 Å².